The standard InChI is InChI=1S/C21H21NO8/c1-13(23)30-21(15-10-16(26-2)18(28-4)17(11-15)27-3)19(24)29-20(25)22(21)12-14-8-6-5-7-9-14/h5-11H,12H2,1-4H3. The molecular weight excluding hydrogens is 394 g/mol. The minimum absolute atomic E-state index is 0.0463. The summed E-state index contributed by atoms with van der Waals surface area (Å²) in [6.07, 6.45) is -0.946. The lowest BCUT2D eigenvalue weighted by atomic mass is 9.99. The van der Waals surface area contributed by atoms with Gasteiger partial charge in [0.25, 0.3) is 0 Å². The molecule has 9 heteroatoms. The molecule has 1 saturated heterocycles. The number of rotatable bonds is 7. The molecule has 0 N–H and O–H groups in total. The summed E-state index contributed by atoms with van der Waals surface area (Å²) in [6.45, 7) is 1.09. The van der Waals surface area contributed by atoms with E-state index in [1.165, 1.54) is 33.5 Å². The Morgan fingerprint density at radius 2 is 1.60 bits per heavy atom. The molecule has 1 unspecified atom stereocenters. The Hall–Kier alpha value is -3.75. The molecule has 158 valence electrons. The zero-order valence-corrected chi connectivity index (χ0v) is 17.0. The molecule has 1 aliphatic heterocycles. The Kier molecular flexibility index (Phi) is 5.81. The van der Waals surface area contributed by atoms with Crippen molar-refractivity contribution < 1.29 is 38.1 Å². The van der Waals surface area contributed by atoms with Crippen molar-refractivity contribution in [1.82, 2.24) is 4.90 Å². The number of amides is 1. The van der Waals surface area contributed by atoms with Crippen LogP contribution in [0.4, 0.5) is 4.79 Å². The van der Waals surface area contributed by atoms with Crippen LogP contribution in [0.25, 0.3) is 0 Å². The van der Waals surface area contributed by atoms with E-state index in [1.54, 1.807) is 24.3 Å². The van der Waals surface area contributed by atoms with Crippen molar-refractivity contribution in [3.63, 3.8) is 0 Å². The third kappa shape index (κ3) is 3.49. The number of nitrogens with zero attached hydrogens (tertiary/aromatic N) is 1. The molecule has 2 aromatic rings. The van der Waals surface area contributed by atoms with Gasteiger partial charge in [0.2, 0.25) is 5.75 Å². The summed E-state index contributed by atoms with van der Waals surface area (Å²) in [7, 11) is 4.23. The lowest BCUT2D eigenvalue weighted by Crippen LogP contribution is -2.49. The number of carbonyl (C=O) groups is 3. The summed E-state index contributed by atoms with van der Waals surface area (Å²) in [5, 5.41) is 0. The molecular formula is C21H21NO8. The van der Waals surface area contributed by atoms with E-state index in [-0.39, 0.29) is 29.4 Å². The first-order chi connectivity index (χ1) is 14.4. The van der Waals surface area contributed by atoms with Gasteiger partial charge in [-0.05, 0) is 17.7 Å². The summed E-state index contributed by atoms with van der Waals surface area (Å²) in [5.41, 5.74) is -1.35. The number of esters is 2. The van der Waals surface area contributed by atoms with E-state index < -0.39 is 23.8 Å². The fraction of sp³-hybridized carbons (Fsp3) is 0.286. The molecule has 0 aliphatic carbocycles. The minimum Gasteiger partial charge on any atom is -0.493 e. The monoisotopic (exact) mass is 415 g/mol. The topological polar surface area (TPSA) is 101 Å². The molecule has 1 amide bonds. The van der Waals surface area contributed by atoms with E-state index >= 15 is 0 Å². The van der Waals surface area contributed by atoms with Crippen molar-refractivity contribution in [2.75, 3.05) is 21.3 Å². The van der Waals surface area contributed by atoms with E-state index in [2.05, 4.69) is 0 Å². The molecule has 0 spiro atoms. The molecule has 1 atom stereocenters. The van der Waals surface area contributed by atoms with E-state index in [9.17, 15) is 14.4 Å². The van der Waals surface area contributed by atoms with E-state index in [0.717, 1.165) is 11.8 Å². The van der Waals surface area contributed by atoms with Crippen molar-refractivity contribution in [2.45, 2.75) is 19.2 Å². The van der Waals surface area contributed by atoms with Crippen LogP contribution < -0.4 is 14.2 Å². The van der Waals surface area contributed by atoms with E-state index in [4.69, 9.17) is 23.7 Å². The molecule has 30 heavy (non-hydrogen) atoms. The maximum absolute atomic E-state index is 12.9. The molecule has 3 rings (SSSR count). The predicted molar refractivity (Wildman–Crippen MR) is 103 cm³/mol. The van der Waals surface area contributed by atoms with Crippen LogP contribution in [-0.4, -0.2) is 44.3 Å². The normalized spacial score (nSPS) is 18.1. The minimum atomic E-state index is -2.16. The zero-order chi connectivity index (χ0) is 21.9. The van der Waals surface area contributed by atoms with Crippen molar-refractivity contribution in [3.05, 3.63) is 53.6 Å². The second kappa shape index (κ2) is 8.32. The number of carbonyl (C=O) groups excluding carboxylic acids is 3. The highest BCUT2D eigenvalue weighted by Crippen LogP contribution is 2.45. The first-order valence-corrected chi connectivity index (χ1v) is 8.95. The van der Waals surface area contributed by atoms with Gasteiger partial charge < -0.3 is 23.7 Å². The Labute approximate surface area is 173 Å². The molecule has 2 aromatic carbocycles. The lowest BCUT2D eigenvalue weighted by Gasteiger charge is -2.33. The van der Waals surface area contributed by atoms with Gasteiger partial charge in [0, 0.05) is 12.5 Å². The fourth-order valence-corrected chi connectivity index (χ4v) is 3.30. The third-order valence-corrected chi connectivity index (χ3v) is 4.59. The molecule has 1 fully saturated rings. The number of hydrogen-bond donors (Lipinski definition) is 0. The summed E-state index contributed by atoms with van der Waals surface area (Å²) < 4.78 is 26.3. The summed E-state index contributed by atoms with van der Waals surface area (Å²) in [6, 6.07) is 11.8. The maximum atomic E-state index is 12.9. The van der Waals surface area contributed by atoms with Crippen LogP contribution >= 0.6 is 0 Å². The van der Waals surface area contributed by atoms with E-state index in [0.29, 0.717) is 5.56 Å². The summed E-state index contributed by atoms with van der Waals surface area (Å²) in [5.74, 6) is -1.13. The van der Waals surface area contributed by atoms with Gasteiger partial charge in [-0.1, -0.05) is 30.3 Å². The number of hydrogen-bond acceptors (Lipinski definition) is 8. The van der Waals surface area contributed by atoms with E-state index in [1.807, 2.05) is 6.07 Å². The second-order valence-corrected chi connectivity index (χ2v) is 6.38. The second-order valence-electron chi connectivity index (χ2n) is 6.38. The van der Waals surface area contributed by atoms with Crippen molar-refractivity contribution in [2.24, 2.45) is 0 Å². The van der Waals surface area contributed by atoms with Crippen LogP contribution in [0.5, 0.6) is 17.2 Å². The fourth-order valence-electron chi connectivity index (χ4n) is 3.30. The van der Waals surface area contributed by atoms with Crippen LogP contribution in [0.2, 0.25) is 0 Å². The van der Waals surface area contributed by atoms with Crippen LogP contribution in [0.3, 0.4) is 0 Å². The highest BCUT2D eigenvalue weighted by Gasteiger charge is 2.60. The molecule has 0 saturated carbocycles. The van der Waals surface area contributed by atoms with Gasteiger partial charge in [0.1, 0.15) is 0 Å². The molecule has 0 radical (unpaired) electrons. The number of cyclic esters (lactones) is 2. The molecule has 0 aromatic heterocycles. The molecule has 9 nitrogen and oxygen atoms in total. The van der Waals surface area contributed by atoms with Crippen LogP contribution in [0.15, 0.2) is 42.5 Å². The number of ether oxygens (including phenoxy) is 5. The van der Waals surface area contributed by atoms with Crippen molar-refractivity contribution in [3.8, 4) is 17.2 Å². The summed E-state index contributed by atoms with van der Waals surface area (Å²) >= 11 is 0. The highest BCUT2D eigenvalue weighted by atomic mass is 16.7. The average Bonchev–Trinajstić information content (AvgIpc) is 2.97. The van der Waals surface area contributed by atoms with Crippen LogP contribution in [-0.2, 0) is 31.3 Å². The third-order valence-electron chi connectivity index (χ3n) is 4.59. The highest BCUT2D eigenvalue weighted by molar-refractivity contribution is 5.99. The molecule has 0 bridgehead atoms. The Morgan fingerprint density at radius 3 is 2.10 bits per heavy atom. The summed E-state index contributed by atoms with van der Waals surface area (Å²) in [4.78, 5) is 38.6. The zero-order valence-electron chi connectivity index (χ0n) is 17.0. The number of methoxy groups -OCH3 is 3. The van der Waals surface area contributed by atoms with Crippen molar-refractivity contribution in [1.29, 1.82) is 0 Å². The first-order valence-electron chi connectivity index (χ1n) is 8.95. The van der Waals surface area contributed by atoms with Gasteiger partial charge in [-0.25, -0.2) is 9.59 Å². The quantitative estimate of drug-likeness (QED) is 0.503. The first kappa shape index (κ1) is 21.0. The van der Waals surface area contributed by atoms with Gasteiger partial charge >= 0.3 is 23.8 Å². The Balaban J connectivity index is 2.23. The number of benzene rings is 2. The molecule has 1 aliphatic rings. The average molecular weight is 415 g/mol. The maximum Gasteiger partial charge on any atom is 0.421 e. The SMILES string of the molecule is COc1cc(C2(OC(C)=O)C(=O)OC(=O)N2Cc2ccccc2)cc(OC)c1OC. The predicted octanol–water partition coefficient (Wildman–Crippen LogP) is 2.61. The van der Waals surface area contributed by atoms with Crippen LogP contribution in [0.1, 0.15) is 18.1 Å². The smallest absolute Gasteiger partial charge is 0.421 e. The molecule has 1 heterocycles. The van der Waals surface area contributed by atoms with Crippen molar-refractivity contribution >= 4 is 18.0 Å². The Bertz CT molecular complexity index is 949. The largest absolute Gasteiger partial charge is 0.493 e. The lowest BCUT2D eigenvalue weighted by molar-refractivity contribution is -0.186. The van der Waals surface area contributed by atoms with Gasteiger partial charge in [0.05, 0.1) is 27.9 Å². The Morgan fingerprint density at radius 1 is 1.00 bits per heavy atom. The van der Waals surface area contributed by atoms with Crippen LogP contribution in [0, 0.1) is 0 Å². The van der Waals surface area contributed by atoms with Gasteiger partial charge in [-0.2, -0.15) is 0 Å². The van der Waals surface area contributed by atoms with Gasteiger partial charge in [-0.3, -0.25) is 9.69 Å². The van der Waals surface area contributed by atoms with Gasteiger partial charge in [0.15, 0.2) is 11.5 Å². The van der Waals surface area contributed by atoms with Gasteiger partial charge in [-0.15, -0.1) is 0 Å².